The second-order valence-electron chi connectivity index (χ2n) is 5.30. The fraction of sp³-hybridized carbons (Fsp3) is 0.833. The lowest BCUT2D eigenvalue weighted by Gasteiger charge is -2.32. The van der Waals surface area contributed by atoms with Crippen LogP contribution in [0.1, 0.15) is 20.3 Å². The summed E-state index contributed by atoms with van der Waals surface area (Å²) in [6.07, 6.45) is 0.469. The third-order valence-corrected chi connectivity index (χ3v) is 3.70. The minimum Gasteiger partial charge on any atom is -0.481 e. The van der Waals surface area contributed by atoms with Crippen molar-refractivity contribution in [1.82, 2.24) is 20.7 Å². The summed E-state index contributed by atoms with van der Waals surface area (Å²) >= 11 is 0. The highest BCUT2D eigenvalue weighted by Crippen LogP contribution is 2.19. The molecule has 0 aliphatic carbocycles. The zero-order valence-electron chi connectivity index (χ0n) is 11.9. The van der Waals surface area contributed by atoms with E-state index in [1.54, 1.807) is 13.8 Å². The molecule has 1 unspecified atom stereocenters. The Hall–Kier alpha value is -1.34. The van der Waals surface area contributed by atoms with Gasteiger partial charge in [-0.2, -0.15) is 0 Å². The number of aliphatic carboxylic acids is 1. The fourth-order valence-corrected chi connectivity index (χ4v) is 1.73. The quantitative estimate of drug-likeness (QED) is 0.653. The van der Waals surface area contributed by atoms with Crippen molar-refractivity contribution in [3.05, 3.63) is 0 Å². The molecular weight excluding hydrogens is 248 g/mol. The van der Waals surface area contributed by atoms with Gasteiger partial charge in [-0.3, -0.25) is 10.2 Å². The number of carbonyl (C=O) groups is 2. The largest absolute Gasteiger partial charge is 0.481 e. The maximum Gasteiger partial charge on any atom is 0.329 e. The summed E-state index contributed by atoms with van der Waals surface area (Å²) in [6, 6.07) is -0.342. The van der Waals surface area contributed by atoms with Crippen molar-refractivity contribution in [2.45, 2.75) is 20.3 Å². The Morgan fingerprint density at radius 2 is 1.84 bits per heavy atom. The molecule has 1 aliphatic rings. The number of amides is 2. The molecule has 3 N–H and O–H groups in total. The summed E-state index contributed by atoms with van der Waals surface area (Å²) in [7, 11) is 2.04. The van der Waals surface area contributed by atoms with Crippen LogP contribution in [0.15, 0.2) is 0 Å². The molecule has 110 valence electrons. The van der Waals surface area contributed by atoms with E-state index >= 15 is 0 Å². The maximum absolute atomic E-state index is 11.7. The molecule has 19 heavy (non-hydrogen) atoms. The Morgan fingerprint density at radius 1 is 1.26 bits per heavy atom. The maximum atomic E-state index is 11.7. The second-order valence-corrected chi connectivity index (χ2v) is 5.30. The van der Waals surface area contributed by atoms with Gasteiger partial charge in [0.1, 0.15) is 0 Å². The van der Waals surface area contributed by atoms with Gasteiger partial charge in [0, 0.05) is 32.7 Å². The highest BCUT2D eigenvalue weighted by molar-refractivity contribution is 5.77. The van der Waals surface area contributed by atoms with Gasteiger partial charge < -0.3 is 15.3 Å². The molecule has 0 aromatic heterocycles. The fourth-order valence-electron chi connectivity index (χ4n) is 1.73. The van der Waals surface area contributed by atoms with Gasteiger partial charge in [0.2, 0.25) is 0 Å². The highest BCUT2D eigenvalue weighted by Gasteiger charge is 2.31. The SMILES string of the molecule is CCC(C)(CNC(=O)NN1CCN(C)CC1)C(=O)O. The Balaban J connectivity index is 2.33. The van der Waals surface area contributed by atoms with Crippen molar-refractivity contribution in [2.75, 3.05) is 39.8 Å². The lowest BCUT2D eigenvalue weighted by molar-refractivity contribution is -0.147. The van der Waals surface area contributed by atoms with Crippen molar-refractivity contribution >= 4 is 12.0 Å². The molecule has 7 nitrogen and oxygen atoms in total. The summed E-state index contributed by atoms with van der Waals surface area (Å²) in [6.45, 7) is 6.91. The lowest BCUT2D eigenvalue weighted by Crippen LogP contribution is -2.56. The average Bonchev–Trinajstić information content (AvgIpc) is 2.38. The third kappa shape index (κ3) is 4.68. The van der Waals surface area contributed by atoms with Crippen LogP contribution in [0.5, 0.6) is 0 Å². The third-order valence-electron chi connectivity index (χ3n) is 3.70. The number of hydrogen-bond donors (Lipinski definition) is 3. The predicted octanol–water partition coefficient (Wildman–Crippen LogP) is -0.0511. The topological polar surface area (TPSA) is 84.9 Å². The van der Waals surface area contributed by atoms with Crippen LogP contribution in [0.3, 0.4) is 0 Å². The average molecular weight is 272 g/mol. The van der Waals surface area contributed by atoms with Gasteiger partial charge in [-0.15, -0.1) is 0 Å². The van der Waals surface area contributed by atoms with E-state index in [1.165, 1.54) is 0 Å². The van der Waals surface area contributed by atoms with E-state index in [9.17, 15) is 9.59 Å². The van der Waals surface area contributed by atoms with E-state index in [4.69, 9.17) is 5.11 Å². The number of hydrogen-bond acceptors (Lipinski definition) is 4. The molecule has 1 aliphatic heterocycles. The van der Waals surface area contributed by atoms with Crippen molar-refractivity contribution in [3.8, 4) is 0 Å². The second kappa shape index (κ2) is 6.72. The van der Waals surface area contributed by atoms with Crippen molar-refractivity contribution in [2.24, 2.45) is 5.41 Å². The molecule has 0 aromatic carbocycles. The Labute approximate surface area is 113 Å². The Kier molecular flexibility index (Phi) is 5.56. The Bertz CT molecular complexity index is 329. The molecule has 1 fully saturated rings. The van der Waals surface area contributed by atoms with Gasteiger partial charge in [-0.1, -0.05) is 6.92 Å². The number of carbonyl (C=O) groups excluding carboxylic acids is 1. The number of hydrazine groups is 1. The minimum absolute atomic E-state index is 0.123. The van der Waals surface area contributed by atoms with Crippen LogP contribution in [0.2, 0.25) is 0 Å². The molecule has 2 amide bonds. The molecule has 1 heterocycles. The van der Waals surface area contributed by atoms with Gasteiger partial charge in [0.15, 0.2) is 0 Å². The van der Waals surface area contributed by atoms with Crippen LogP contribution >= 0.6 is 0 Å². The first-order valence-corrected chi connectivity index (χ1v) is 6.59. The monoisotopic (exact) mass is 272 g/mol. The molecule has 0 aromatic rings. The number of piperazine rings is 1. The van der Waals surface area contributed by atoms with E-state index < -0.39 is 11.4 Å². The van der Waals surface area contributed by atoms with Gasteiger partial charge >= 0.3 is 12.0 Å². The number of urea groups is 1. The van der Waals surface area contributed by atoms with E-state index in [2.05, 4.69) is 15.6 Å². The molecule has 0 spiro atoms. The molecule has 0 bridgehead atoms. The first-order chi connectivity index (χ1) is 8.87. The normalized spacial score (nSPS) is 20.6. The highest BCUT2D eigenvalue weighted by atomic mass is 16.4. The number of carboxylic acids is 1. The molecule has 0 saturated carbocycles. The summed E-state index contributed by atoms with van der Waals surface area (Å²) in [5.74, 6) is -0.894. The first kappa shape index (κ1) is 15.7. The van der Waals surface area contributed by atoms with E-state index in [-0.39, 0.29) is 12.6 Å². The van der Waals surface area contributed by atoms with Crippen LogP contribution in [-0.2, 0) is 4.79 Å². The van der Waals surface area contributed by atoms with Crippen molar-refractivity contribution in [3.63, 3.8) is 0 Å². The summed E-state index contributed by atoms with van der Waals surface area (Å²) in [4.78, 5) is 25.0. The van der Waals surface area contributed by atoms with Gasteiger partial charge in [0.05, 0.1) is 5.41 Å². The summed E-state index contributed by atoms with van der Waals surface area (Å²) in [5, 5.41) is 13.6. The van der Waals surface area contributed by atoms with Gasteiger partial charge in [-0.25, -0.2) is 9.80 Å². The number of likely N-dealkylation sites (N-methyl/N-ethyl adjacent to an activating group) is 1. The lowest BCUT2D eigenvalue weighted by atomic mass is 9.88. The zero-order valence-corrected chi connectivity index (χ0v) is 11.9. The Morgan fingerprint density at radius 3 is 2.32 bits per heavy atom. The summed E-state index contributed by atoms with van der Waals surface area (Å²) in [5.41, 5.74) is 1.82. The van der Waals surface area contributed by atoms with Crippen LogP contribution < -0.4 is 10.7 Å². The number of rotatable bonds is 5. The molecule has 7 heteroatoms. The summed E-state index contributed by atoms with van der Waals surface area (Å²) < 4.78 is 0. The molecule has 1 saturated heterocycles. The van der Waals surface area contributed by atoms with E-state index in [1.807, 2.05) is 12.1 Å². The van der Waals surface area contributed by atoms with Gasteiger partial charge in [0.25, 0.3) is 0 Å². The standard InChI is InChI=1S/C12H24N4O3/c1-4-12(2,10(17)18)9-13-11(19)14-16-7-5-15(3)6-8-16/h4-9H2,1-3H3,(H,17,18)(H2,13,14,19). The first-order valence-electron chi connectivity index (χ1n) is 6.59. The van der Waals surface area contributed by atoms with Crippen molar-refractivity contribution in [1.29, 1.82) is 0 Å². The molecular formula is C12H24N4O3. The van der Waals surface area contributed by atoms with E-state index in [0.29, 0.717) is 6.42 Å². The molecule has 0 radical (unpaired) electrons. The van der Waals surface area contributed by atoms with Crippen LogP contribution in [0.4, 0.5) is 4.79 Å². The molecule has 1 atom stereocenters. The number of nitrogens with zero attached hydrogens (tertiary/aromatic N) is 2. The van der Waals surface area contributed by atoms with Crippen LogP contribution in [0, 0.1) is 5.41 Å². The number of nitrogens with one attached hydrogen (secondary N) is 2. The van der Waals surface area contributed by atoms with Crippen molar-refractivity contribution < 1.29 is 14.7 Å². The smallest absolute Gasteiger partial charge is 0.329 e. The van der Waals surface area contributed by atoms with E-state index in [0.717, 1.165) is 26.2 Å². The predicted molar refractivity (Wildman–Crippen MR) is 71.6 cm³/mol. The number of carboxylic acid groups (broad SMARTS) is 1. The van der Waals surface area contributed by atoms with Crippen LogP contribution in [0.25, 0.3) is 0 Å². The van der Waals surface area contributed by atoms with Crippen LogP contribution in [-0.4, -0.2) is 66.8 Å². The zero-order chi connectivity index (χ0) is 14.5. The van der Waals surface area contributed by atoms with Gasteiger partial charge in [-0.05, 0) is 20.4 Å². The minimum atomic E-state index is -0.917. The molecule has 1 rings (SSSR count).